The number of hydrogen-bond acceptors (Lipinski definition) is 5. The van der Waals surface area contributed by atoms with Crippen molar-refractivity contribution in [2.45, 2.75) is 6.10 Å². The van der Waals surface area contributed by atoms with Gasteiger partial charge >= 0.3 is 0 Å². The zero-order valence-electron chi connectivity index (χ0n) is 8.38. The van der Waals surface area contributed by atoms with Gasteiger partial charge in [-0.3, -0.25) is 9.59 Å². The Labute approximate surface area is 87.3 Å². The summed E-state index contributed by atoms with van der Waals surface area (Å²) in [5.41, 5.74) is 0.231. The highest BCUT2D eigenvalue weighted by Crippen LogP contribution is 2.09. The molecule has 1 aliphatic rings. The van der Waals surface area contributed by atoms with Gasteiger partial charge in [0.25, 0.3) is 0 Å². The molecule has 0 fully saturated rings. The number of hydrogen-bond donors (Lipinski definition) is 2. The molecule has 5 heteroatoms. The average molecular weight is 211 g/mol. The van der Waals surface area contributed by atoms with Crippen LogP contribution in [0.3, 0.4) is 0 Å². The Balaban J connectivity index is 2.70. The van der Waals surface area contributed by atoms with Crippen molar-refractivity contribution in [1.29, 1.82) is 0 Å². The number of carbonyl (C=O) groups is 2. The summed E-state index contributed by atoms with van der Waals surface area (Å²) in [5, 5.41) is 17.8. The molecule has 1 aliphatic carbocycles. The highest BCUT2D eigenvalue weighted by molar-refractivity contribution is 6.16. The van der Waals surface area contributed by atoms with Crippen molar-refractivity contribution in [3.63, 3.8) is 0 Å². The quantitative estimate of drug-likeness (QED) is 0.575. The van der Waals surface area contributed by atoms with Crippen LogP contribution in [0, 0.1) is 0 Å². The fourth-order valence-electron chi connectivity index (χ4n) is 1.27. The Morgan fingerprint density at radius 3 is 2.67 bits per heavy atom. The minimum Gasteiger partial charge on any atom is -0.394 e. The molecule has 1 atom stereocenters. The molecule has 0 amide bonds. The third-order valence-electron chi connectivity index (χ3n) is 2.04. The number of rotatable bonds is 4. The summed E-state index contributed by atoms with van der Waals surface area (Å²) in [4.78, 5) is 23.8. The fourth-order valence-corrected chi connectivity index (χ4v) is 1.27. The first kappa shape index (κ1) is 11.6. The van der Waals surface area contributed by atoms with Gasteiger partial charge in [0.1, 0.15) is 0 Å². The Morgan fingerprint density at radius 1 is 1.40 bits per heavy atom. The van der Waals surface area contributed by atoms with Gasteiger partial charge in [-0.05, 0) is 12.2 Å². The molecular weight excluding hydrogens is 198 g/mol. The van der Waals surface area contributed by atoms with Gasteiger partial charge in [-0.1, -0.05) is 0 Å². The van der Waals surface area contributed by atoms with Crippen LogP contribution in [0.25, 0.3) is 0 Å². The Bertz CT molecular complexity index is 332. The third-order valence-corrected chi connectivity index (χ3v) is 2.04. The molecule has 15 heavy (non-hydrogen) atoms. The molecule has 5 nitrogen and oxygen atoms in total. The van der Waals surface area contributed by atoms with Crippen LogP contribution < -0.4 is 0 Å². The van der Waals surface area contributed by atoms with Crippen molar-refractivity contribution in [2.24, 2.45) is 0 Å². The van der Waals surface area contributed by atoms with Crippen LogP contribution in [-0.4, -0.2) is 53.0 Å². The summed E-state index contributed by atoms with van der Waals surface area (Å²) in [6.07, 6.45) is 2.68. The molecule has 0 spiro atoms. The predicted octanol–water partition coefficient (Wildman–Crippen LogP) is -1.14. The summed E-state index contributed by atoms with van der Waals surface area (Å²) in [7, 11) is 1.58. The number of allylic oxidation sites excluding steroid dienone is 3. The number of carbonyl (C=O) groups excluding carboxylic acids is 2. The van der Waals surface area contributed by atoms with Crippen molar-refractivity contribution >= 4 is 11.6 Å². The second-order valence-corrected chi connectivity index (χ2v) is 3.35. The zero-order chi connectivity index (χ0) is 11.4. The van der Waals surface area contributed by atoms with Crippen LogP contribution in [0.1, 0.15) is 0 Å². The van der Waals surface area contributed by atoms with Crippen LogP contribution in [-0.2, 0) is 9.59 Å². The number of aliphatic hydroxyl groups is 2. The van der Waals surface area contributed by atoms with E-state index in [1.165, 1.54) is 23.1 Å². The van der Waals surface area contributed by atoms with Gasteiger partial charge in [-0.25, -0.2) is 0 Å². The van der Waals surface area contributed by atoms with E-state index >= 15 is 0 Å². The van der Waals surface area contributed by atoms with Crippen molar-refractivity contribution in [3.05, 3.63) is 23.9 Å². The highest BCUT2D eigenvalue weighted by atomic mass is 16.3. The summed E-state index contributed by atoms with van der Waals surface area (Å²) < 4.78 is 0. The van der Waals surface area contributed by atoms with Gasteiger partial charge in [-0.15, -0.1) is 0 Å². The van der Waals surface area contributed by atoms with Gasteiger partial charge < -0.3 is 15.1 Å². The lowest BCUT2D eigenvalue weighted by molar-refractivity contribution is -0.115. The van der Waals surface area contributed by atoms with Crippen LogP contribution in [0.2, 0.25) is 0 Å². The SMILES string of the molecule is CN(CC(O)CO)C1=CC(=O)C=CC1=O. The molecule has 0 heterocycles. The van der Waals surface area contributed by atoms with E-state index < -0.39 is 6.10 Å². The Hall–Kier alpha value is -1.46. The lowest BCUT2D eigenvalue weighted by Gasteiger charge is -2.23. The van der Waals surface area contributed by atoms with Crippen molar-refractivity contribution in [2.75, 3.05) is 20.2 Å². The van der Waals surface area contributed by atoms with Crippen molar-refractivity contribution in [1.82, 2.24) is 4.90 Å². The molecule has 0 aliphatic heterocycles. The first-order valence-electron chi connectivity index (χ1n) is 4.52. The summed E-state index contributed by atoms with van der Waals surface area (Å²) in [5.74, 6) is -0.530. The number of nitrogens with zero attached hydrogens (tertiary/aromatic N) is 1. The minimum atomic E-state index is -0.926. The van der Waals surface area contributed by atoms with Crippen LogP contribution >= 0.6 is 0 Å². The fraction of sp³-hybridized carbons (Fsp3) is 0.400. The molecule has 0 radical (unpaired) electrons. The largest absolute Gasteiger partial charge is 0.394 e. The monoisotopic (exact) mass is 211 g/mol. The Morgan fingerprint density at radius 2 is 2.07 bits per heavy atom. The molecule has 0 saturated carbocycles. The minimum absolute atomic E-state index is 0.106. The number of likely N-dealkylation sites (N-methyl/N-ethyl adjacent to an activating group) is 1. The third kappa shape index (κ3) is 3.00. The lowest BCUT2D eigenvalue weighted by atomic mass is 10.1. The van der Waals surface area contributed by atoms with E-state index in [0.717, 1.165) is 0 Å². The topological polar surface area (TPSA) is 77.8 Å². The van der Waals surface area contributed by atoms with E-state index in [2.05, 4.69) is 0 Å². The number of ketones is 2. The average Bonchev–Trinajstić information content (AvgIpc) is 2.21. The molecule has 0 aromatic rings. The molecule has 2 N–H and O–H groups in total. The van der Waals surface area contributed by atoms with E-state index in [1.54, 1.807) is 7.05 Å². The lowest BCUT2D eigenvalue weighted by Crippen LogP contribution is -2.34. The summed E-state index contributed by atoms with van der Waals surface area (Å²) in [6.45, 7) is -0.273. The van der Waals surface area contributed by atoms with Crippen molar-refractivity contribution < 1.29 is 19.8 Å². The van der Waals surface area contributed by atoms with Gasteiger partial charge in [0.05, 0.1) is 18.4 Å². The van der Waals surface area contributed by atoms with Gasteiger partial charge in [0.15, 0.2) is 5.78 Å². The number of aliphatic hydroxyl groups excluding tert-OH is 2. The molecule has 0 aromatic heterocycles. The van der Waals surface area contributed by atoms with Gasteiger partial charge in [-0.2, -0.15) is 0 Å². The van der Waals surface area contributed by atoms with E-state index in [-0.39, 0.29) is 30.4 Å². The molecule has 1 rings (SSSR count). The summed E-state index contributed by atoms with van der Waals surface area (Å²) in [6, 6.07) is 0. The zero-order valence-corrected chi connectivity index (χ0v) is 8.38. The van der Waals surface area contributed by atoms with Crippen LogP contribution in [0.15, 0.2) is 23.9 Å². The second-order valence-electron chi connectivity index (χ2n) is 3.35. The maximum atomic E-state index is 11.4. The summed E-state index contributed by atoms with van der Waals surface area (Å²) >= 11 is 0. The maximum absolute atomic E-state index is 11.4. The van der Waals surface area contributed by atoms with Gasteiger partial charge in [0, 0.05) is 19.7 Å². The smallest absolute Gasteiger partial charge is 0.202 e. The first-order valence-corrected chi connectivity index (χ1v) is 4.52. The highest BCUT2D eigenvalue weighted by Gasteiger charge is 2.18. The predicted molar refractivity (Wildman–Crippen MR) is 53.0 cm³/mol. The van der Waals surface area contributed by atoms with E-state index in [4.69, 9.17) is 5.11 Å². The standard InChI is InChI=1S/C10H13NO4/c1-11(5-8(14)6-12)9-4-7(13)2-3-10(9)15/h2-4,8,12,14H,5-6H2,1H3. The normalized spacial score (nSPS) is 17.7. The van der Waals surface area contributed by atoms with E-state index in [9.17, 15) is 14.7 Å². The van der Waals surface area contributed by atoms with Crippen LogP contribution in [0.5, 0.6) is 0 Å². The van der Waals surface area contributed by atoms with Crippen LogP contribution in [0.4, 0.5) is 0 Å². The molecule has 0 bridgehead atoms. The maximum Gasteiger partial charge on any atom is 0.202 e. The molecular formula is C10H13NO4. The molecule has 82 valence electrons. The van der Waals surface area contributed by atoms with Gasteiger partial charge in [0.2, 0.25) is 5.78 Å². The van der Waals surface area contributed by atoms with E-state index in [1.807, 2.05) is 0 Å². The molecule has 1 unspecified atom stereocenters. The molecule has 0 saturated heterocycles. The Kier molecular flexibility index (Phi) is 3.76. The first-order chi connectivity index (χ1) is 7.04. The van der Waals surface area contributed by atoms with E-state index in [0.29, 0.717) is 0 Å². The van der Waals surface area contributed by atoms with Crippen molar-refractivity contribution in [3.8, 4) is 0 Å². The second kappa shape index (κ2) is 4.86. The molecule has 0 aromatic carbocycles.